The van der Waals surface area contributed by atoms with Gasteiger partial charge in [-0.1, -0.05) is 6.92 Å². The molecule has 2 N–H and O–H groups in total. The van der Waals surface area contributed by atoms with Crippen LogP contribution in [0.2, 0.25) is 0 Å². The van der Waals surface area contributed by atoms with Crippen LogP contribution in [0.25, 0.3) is 0 Å². The van der Waals surface area contributed by atoms with Crippen molar-refractivity contribution in [2.45, 2.75) is 39.3 Å². The highest BCUT2D eigenvalue weighted by atomic mass is 32.1. The molecule has 0 saturated heterocycles. The fraction of sp³-hybridized carbons (Fsp3) is 0.750. The SMILES string of the molecule is CCCNc1ncc(CN(C)C(C)(C)CO)s1. The quantitative estimate of drug-likeness (QED) is 0.786. The molecule has 1 aromatic heterocycles. The van der Waals surface area contributed by atoms with Gasteiger partial charge in [-0.05, 0) is 27.3 Å². The summed E-state index contributed by atoms with van der Waals surface area (Å²) in [5.74, 6) is 0. The Morgan fingerprint density at radius 3 is 2.82 bits per heavy atom. The van der Waals surface area contributed by atoms with E-state index in [1.807, 2.05) is 27.1 Å². The number of aliphatic hydroxyl groups excluding tert-OH is 1. The number of nitrogens with zero attached hydrogens (tertiary/aromatic N) is 2. The van der Waals surface area contributed by atoms with E-state index in [9.17, 15) is 5.11 Å². The summed E-state index contributed by atoms with van der Waals surface area (Å²) < 4.78 is 0. The van der Waals surface area contributed by atoms with Gasteiger partial charge in [0.25, 0.3) is 0 Å². The van der Waals surface area contributed by atoms with Crippen LogP contribution in [0, 0.1) is 0 Å². The molecule has 98 valence electrons. The first-order valence-corrected chi connectivity index (χ1v) is 6.82. The van der Waals surface area contributed by atoms with Gasteiger partial charge in [-0.3, -0.25) is 4.90 Å². The van der Waals surface area contributed by atoms with Crippen molar-refractivity contribution in [2.75, 3.05) is 25.5 Å². The Hall–Kier alpha value is -0.650. The van der Waals surface area contributed by atoms with Crippen molar-refractivity contribution < 1.29 is 5.11 Å². The third-order valence-corrected chi connectivity index (χ3v) is 3.83. The van der Waals surface area contributed by atoms with Gasteiger partial charge in [-0.2, -0.15) is 0 Å². The molecule has 0 atom stereocenters. The molecule has 0 spiro atoms. The van der Waals surface area contributed by atoms with E-state index in [0.717, 1.165) is 24.6 Å². The molecule has 0 aliphatic heterocycles. The Balaban J connectivity index is 2.54. The highest BCUT2D eigenvalue weighted by Gasteiger charge is 2.22. The molecule has 1 heterocycles. The molecule has 0 bridgehead atoms. The smallest absolute Gasteiger partial charge is 0.182 e. The largest absolute Gasteiger partial charge is 0.394 e. The summed E-state index contributed by atoms with van der Waals surface area (Å²) in [7, 11) is 2.02. The number of likely N-dealkylation sites (N-methyl/N-ethyl adjacent to an activating group) is 1. The van der Waals surface area contributed by atoms with Crippen LogP contribution in [0.3, 0.4) is 0 Å². The number of hydrogen-bond donors (Lipinski definition) is 2. The van der Waals surface area contributed by atoms with Gasteiger partial charge in [0.05, 0.1) is 6.61 Å². The molecule has 0 amide bonds. The summed E-state index contributed by atoms with van der Waals surface area (Å²) in [6.07, 6.45) is 3.01. The van der Waals surface area contributed by atoms with Crippen LogP contribution < -0.4 is 5.32 Å². The van der Waals surface area contributed by atoms with Crippen molar-refractivity contribution in [3.63, 3.8) is 0 Å². The van der Waals surface area contributed by atoms with Crippen LogP contribution in [0.5, 0.6) is 0 Å². The summed E-state index contributed by atoms with van der Waals surface area (Å²) in [5, 5.41) is 13.6. The maximum Gasteiger partial charge on any atom is 0.182 e. The minimum Gasteiger partial charge on any atom is -0.394 e. The molecule has 0 saturated carbocycles. The predicted octanol–water partition coefficient (Wildman–Crippen LogP) is 2.17. The van der Waals surface area contributed by atoms with Crippen molar-refractivity contribution in [1.82, 2.24) is 9.88 Å². The third-order valence-electron chi connectivity index (χ3n) is 2.89. The molecule has 4 nitrogen and oxygen atoms in total. The molecular weight excluding hydrogens is 234 g/mol. The number of thiazole rings is 1. The molecule has 0 aliphatic rings. The molecule has 5 heteroatoms. The number of nitrogens with one attached hydrogen (secondary N) is 1. The van der Waals surface area contributed by atoms with Gasteiger partial charge in [0.2, 0.25) is 0 Å². The van der Waals surface area contributed by atoms with Crippen LogP contribution >= 0.6 is 11.3 Å². The molecule has 17 heavy (non-hydrogen) atoms. The summed E-state index contributed by atoms with van der Waals surface area (Å²) in [6, 6.07) is 0. The van der Waals surface area contributed by atoms with Gasteiger partial charge in [0.1, 0.15) is 0 Å². The lowest BCUT2D eigenvalue weighted by molar-refractivity contribution is 0.0741. The number of rotatable bonds is 7. The van der Waals surface area contributed by atoms with Crippen LogP contribution in [0.4, 0.5) is 5.13 Å². The molecular formula is C12H23N3OS. The Labute approximate surface area is 108 Å². The molecule has 1 aromatic rings. The van der Waals surface area contributed by atoms with Crippen molar-refractivity contribution in [3.8, 4) is 0 Å². The zero-order valence-electron chi connectivity index (χ0n) is 11.2. The number of hydrogen-bond acceptors (Lipinski definition) is 5. The molecule has 0 radical (unpaired) electrons. The maximum absolute atomic E-state index is 9.30. The van der Waals surface area contributed by atoms with Gasteiger partial charge in [-0.15, -0.1) is 11.3 Å². The molecule has 0 unspecified atom stereocenters. The van der Waals surface area contributed by atoms with Gasteiger partial charge in [-0.25, -0.2) is 4.98 Å². The average Bonchev–Trinajstić information content (AvgIpc) is 2.74. The summed E-state index contributed by atoms with van der Waals surface area (Å²) in [4.78, 5) is 7.69. The van der Waals surface area contributed by atoms with Gasteiger partial charge < -0.3 is 10.4 Å². The molecule has 1 rings (SSSR count). The summed E-state index contributed by atoms with van der Waals surface area (Å²) in [6.45, 7) is 8.14. The van der Waals surface area contributed by atoms with Gasteiger partial charge in [0.15, 0.2) is 5.13 Å². The van der Waals surface area contributed by atoms with Crippen LogP contribution in [0.1, 0.15) is 32.1 Å². The Morgan fingerprint density at radius 2 is 2.24 bits per heavy atom. The zero-order valence-corrected chi connectivity index (χ0v) is 12.0. The van der Waals surface area contributed by atoms with E-state index in [-0.39, 0.29) is 12.1 Å². The van der Waals surface area contributed by atoms with Gasteiger partial charge >= 0.3 is 0 Å². The Kier molecular flexibility index (Phi) is 5.36. The molecule has 0 aromatic carbocycles. The van der Waals surface area contributed by atoms with E-state index in [2.05, 4.69) is 22.1 Å². The van der Waals surface area contributed by atoms with Gasteiger partial charge in [0, 0.05) is 29.7 Å². The van der Waals surface area contributed by atoms with E-state index in [0.29, 0.717) is 0 Å². The number of aliphatic hydroxyl groups is 1. The van der Waals surface area contributed by atoms with Crippen molar-refractivity contribution >= 4 is 16.5 Å². The van der Waals surface area contributed by atoms with Crippen molar-refractivity contribution in [2.24, 2.45) is 0 Å². The van der Waals surface area contributed by atoms with Crippen molar-refractivity contribution in [3.05, 3.63) is 11.1 Å². The predicted molar refractivity (Wildman–Crippen MR) is 73.5 cm³/mol. The Bertz CT molecular complexity index is 338. The average molecular weight is 257 g/mol. The monoisotopic (exact) mass is 257 g/mol. The first kappa shape index (κ1) is 14.4. The fourth-order valence-electron chi connectivity index (χ4n) is 1.26. The zero-order chi connectivity index (χ0) is 12.9. The minimum absolute atomic E-state index is 0.156. The maximum atomic E-state index is 9.30. The first-order chi connectivity index (χ1) is 7.99. The fourth-order valence-corrected chi connectivity index (χ4v) is 2.15. The highest BCUT2D eigenvalue weighted by Crippen LogP contribution is 2.22. The second-order valence-corrected chi connectivity index (χ2v) is 6.00. The van der Waals surface area contributed by atoms with Crippen LogP contribution in [-0.4, -0.2) is 40.7 Å². The minimum atomic E-state index is -0.193. The normalized spacial score (nSPS) is 12.1. The van der Waals surface area contributed by atoms with Crippen LogP contribution in [0.15, 0.2) is 6.20 Å². The van der Waals surface area contributed by atoms with Crippen LogP contribution in [-0.2, 0) is 6.54 Å². The Morgan fingerprint density at radius 1 is 1.53 bits per heavy atom. The number of aromatic nitrogens is 1. The van der Waals surface area contributed by atoms with E-state index < -0.39 is 0 Å². The molecule has 0 aliphatic carbocycles. The van der Waals surface area contributed by atoms with E-state index >= 15 is 0 Å². The van der Waals surface area contributed by atoms with E-state index in [1.54, 1.807) is 11.3 Å². The highest BCUT2D eigenvalue weighted by molar-refractivity contribution is 7.15. The summed E-state index contributed by atoms with van der Waals surface area (Å²) in [5.41, 5.74) is -0.193. The summed E-state index contributed by atoms with van der Waals surface area (Å²) >= 11 is 1.68. The first-order valence-electron chi connectivity index (χ1n) is 6.00. The lowest BCUT2D eigenvalue weighted by Gasteiger charge is -2.33. The topological polar surface area (TPSA) is 48.4 Å². The molecule has 0 fully saturated rings. The lowest BCUT2D eigenvalue weighted by atomic mass is 10.1. The second-order valence-electron chi connectivity index (χ2n) is 4.89. The third kappa shape index (κ3) is 4.26. The standard InChI is InChI=1S/C12H23N3OS/c1-5-6-13-11-14-7-10(17-11)8-15(4)12(2,3)9-16/h7,16H,5-6,8-9H2,1-4H3,(H,13,14). The second kappa shape index (κ2) is 6.33. The number of anilines is 1. The van der Waals surface area contributed by atoms with E-state index in [4.69, 9.17) is 0 Å². The van der Waals surface area contributed by atoms with Crippen molar-refractivity contribution in [1.29, 1.82) is 0 Å². The lowest BCUT2D eigenvalue weighted by Crippen LogP contribution is -2.43. The van der Waals surface area contributed by atoms with E-state index in [1.165, 1.54) is 4.88 Å².